The maximum absolute atomic E-state index is 12.3. The molecule has 0 spiro atoms. The van der Waals surface area contributed by atoms with Crippen LogP contribution in [-0.2, 0) is 24.2 Å². The highest BCUT2D eigenvalue weighted by molar-refractivity contribution is 7.95. The van der Waals surface area contributed by atoms with Crippen LogP contribution in [0, 0.1) is 6.92 Å². The summed E-state index contributed by atoms with van der Waals surface area (Å²) >= 11 is 0. The van der Waals surface area contributed by atoms with Crippen molar-refractivity contribution in [1.82, 2.24) is 0 Å². The van der Waals surface area contributed by atoms with E-state index in [1.807, 2.05) is 6.92 Å². The lowest BCUT2D eigenvalue weighted by Gasteiger charge is -2.09. The van der Waals surface area contributed by atoms with Gasteiger partial charge in [0.25, 0.3) is 0 Å². The zero-order valence-corrected chi connectivity index (χ0v) is 20.4. The fourth-order valence-corrected chi connectivity index (χ4v) is 3.69. The lowest BCUT2D eigenvalue weighted by molar-refractivity contribution is -0.135. The van der Waals surface area contributed by atoms with Crippen LogP contribution in [0.3, 0.4) is 0 Å². The number of aliphatic hydroxyl groups excluding tert-OH is 1. The Balaban J connectivity index is 0. The van der Waals surface area contributed by atoms with E-state index in [4.69, 9.17) is 20.4 Å². The summed E-state index contributed by atoms with van der Waals surface area (Å²) in [7, 11) is -3.71. The van der Waals surface area contributed by atoms with Gasteiger partial charge in [0.1, 0.15) is 0 Å². The largest absolute Gasteiger partial charge is 0.502 e. The summed E-state index contributed by atoms with van der Waals surface area (Å²) in [4.78, 5) is 30.6. The molecule has 0 bridgehead atoms. The van der Waals surface area contributed by atoms with Crippen molar-refractivity contribution < 1.29 is 43.2 Å². The fraction of sp³-hybridized carbons (Fsp3) is 0.348. The SMILES string of the molecule is C/C=C(\C)C(=O)O.CC/C(=C(/C)C(=O)O)S(=O)(=O)c1ccc(C)cc1.CC/C=C(\O)C(=O)O. The summed E-state index contributed by atoms with van der Waals surface area (Å²) < 4.78 is 24.6. The molecule has 0 heterocycles. The molecule has 1 aromatic rings. The lowest BCUT2D eigenvalue weighted by Crippen LogP contribution is -2.10. The van der Waals surface area contributed by atoms with Crippen LogP contribution >= 0.6 is 0 Å². The number of carbonyl (C=O) groups is 3. The average molecular weight is 485 g/mol. The Bertz CT molecular complexity index is 1010. The predicted molar refractivity (Wildman–Crippen MR) is 125 cm³/mol. The molecule has 0 aliphatic rings. The molecule has 0 aliphatic carbocycles. The van der Waals surface area contributed by atoms with Crippen LogP contribution in [-0.4, -0.2) is 46.8 Å². The van der Waals surface area contributed by atoms with Gasteiger partial charge in [-0.25, -0.2) is 22.8 Å². The number of sulfone groups is 1. The van der Waals surface area contributed by atoms with E-state index in [0.29, 0.717) is 12.0 Å². The molecule has 0 unspecified atom stereocenters. The number of benzene rings is 1. The minimum absolute atomic E-state index is 0.0427. The number of aliphatic carboxylic acids is 3. The highest BCUT2D eigenvalue weighted by Gasteiger charge is 2.23. The fourth-order valence-electron chi connectivity index (χ4n) is 2.04. The smallest absolute Gasteiger partial charge is 0.370 e. The monoisotopic (exact) mass is 484 g/mol. The summed E-state index contributed by atoms with van der Waals surface area (Å²) in [6, 6.07) is 6.37. The number of aliphatic hydroxyl groups is 1. The highest BCUT2D eigenvalue weighted by Crippen LogP contribution is 2.25. The zero-order chi connectivity index (χ0) is 26.4. The molecule has 9 nitrogen and oxygen atoms in total. The van der Waals surface area contributed by atoms with E-state index in [2.05, 4.69) is 0 Å². The molecular formula is C23H32O9S. The van der Waals surface area contributed by atoms with Gasteiger partial charge in [-0.15, -0.1) is 0 Å². The van der Waals surface area contributed by atoms with E-state index >= 15 is 0 Å². The molecule has 0 saturated carbocycles. The maximum atomic E-state index is 12.3. The molecule has 0 fully saturated rings. The minimum atomic E-state index is -3.71. The van der Waals surface area contributed by atoms with Crippen molar-refractivity contribution >= 4 is 27.7 Å². The average Bonchev–Trinajstić information content (AvgIpc) is 2.74. The Labute approximate surface area is 194 Å². The van der Waals surface area contributed by atoms with Crippen molar-refractivity contribution in [2.45, 2.75) is 59.3 Å². The van der Waals surface area contributed by atoms with E-state index in [0.717, 1.165) is 5.56 Å². The van der Waals surface area contributed by atoms with E-state index in [9.17, 15) is 22.8 Å². The summed E-state index contributed by atoms with van der Waals surface area (Å²) in [6.07, 6.45) is 3.50. The highest BCUT2D eigenvalue weighted by atomic mass is 32.2. The first-order valence-electron chi connectivity index (χ1n) is 9.90. The lowest BCUT2D eigenvalue weighted by atomic mass is 10.2. The number of aryl methyl sites for hydroxylation is 1. The van der Waals surface area contributed by atoms with Gasteiger partial charge < -0.3 is 20.4 Å². The molecule has 0 radical (unpaired) electrons. The predicted octanol–water partition coefficient (Wildman–Crippen LogP) is 4.50. The number of hydrogen-bond donors (Lipinski definition) is 4. The summed E-state index contributed by atoms with van der Waals surface area (Å²) in [5.74, 6) is -3.90. The van der Waals surface area contributed by atoms with E-state index in [1.54, 1.807) is 45.9 Å². The van der Waals surface area contributed by atoms with Crippen LogP contribution in [0.5, 0.6) is 0 Å². The van der Waals surface area contributed by atoms with E-state index in [-0.39, 0.29) is 21.8 Å². The van der Waals surface area contributed by atoms with Crippen molar-refractivity contribution in [1.29, 1.82) is 0 Å². The number of hydrogen-bond acceptors (Lipinski definition) is 6. The first-order valence-corrected chi connectivity index (χ1v) is 11.4. The Morgan fingerprint density at radius 2 is 1.36 bits per heavy atom. The molecule has 1 rings (SSSR count). The second kappa shape index (κ2) is 15.4. The van der Waals surface area contributed by atoms with Gasteiger partial charge >= 0.3 is 17.9 Å². The quantitative estimate of drug-likeness (QED) is 0.322. The van der Waals surface area contributed by atoms with Gasteiger partial charge in [0.15, 0.2) is 5.76 Å². The van der Waals surface area contributed by atoms with E-state index < -0.39 is 33.5 Å². The Morgan fingerprint density at radius 1 is 0.879 bits per heavy atom. The first-order chi connectivity index (χ1) is 15.2. The Kier molecular flexibility index (Phi) is 14.8. The van der Waals surface area contributed by atoms with Crippen molar-refractivity contribution in [2.24, 2.45) is 0 Å². The van der Waals surface area contributed by atoms with Crippen LogP contribution < -0.4 is 0 Å². The summed E-state index contributed by atoms with van der Waals surface area (Å²) in [5, 5.41) is 33.4. The molecule has 4 N–H and O–H groups in total. The summed E-state index contributed by atoms with van der Waals surface area (Å²) in [6.45, 7) is 9.81. The second-order valence-electron chi connectivity index (χ2n) is 6.60. The first kappa shape index (κ1) is 31.8. The number of carboxylic acid groups (broad SMARTS) is 3. The molecule has 10 heteroatoms. The molecule has 0 amide bonds. The van der Waals surface area contributed by atoms with Gasteiger partial charge in [0.2, 0.25) is 9.84 Å². The van der Waals surface area contributed by atoms with Gasteiger partial charge in [0.05, 0.1) is 9.80 Å². The zero-order valence-electron chi connectivity index (χ0n) is 19.6. The Hall–Kier alpha value is -3.40. The van der Waals surface area contributed by atoms with Gasteiger partial charge in [-0.1, -0.05) is 37.6 Å². The molecule has 0 saturated heterocycles. The third kappa shape index (κ3) is 11.7. The molecule has 0 aliphatic heterocycles. The van der Waals surface area contributed by atoms with Gasteiger partial charge in [0, 0.05) is 11.1 Å². The molecule has 33 heavy (non-hydrogen) atoms. The number of allylic oxidation sites excluding steroid dienone is 3. The van der Waals surface area contributed by atoms with Gasteiger partial charge in [-0.05, 0) is 58.7 Å². The van der Waals surface area contributed by atoms with Gasteiger partial charge in [-0.3, -0.25) is 0 Å². The Morgan fingerprint density at radius 3 is 1.61 bits per heavy atom. The molecular weight excluding hydrogens is 452 g/mol. The molecule has 0 atom stereocenters. The van der Waals surface area contributed by atoms with Crippen LogP contribution in [0.15, 0.2) is 63.1 Å². The van der Waals surface area contributed by atoms with Crippen molar-refractivity contribution in [3.05, 3.63) is 63.8 Å². The molecule has 0 aromatic heterocycles. The van der Waals surface area contributed by atoms with Crippen molar-refractivity contribution in [2.75, 3.05) is 0 Å². The van der Waals surface area contributed by atoms with Crippen LogP contribution in [0.1, 0.15) is 53.0 Å². The number of rotatable bonds is 7. The van der Waals surface area contributed by atoms with Crippen LogP contribution in [0.25, 0.3) is 0 Å². The maximum Gasteiger partial charge on any atom is 0.370 e. The summed E-state index contributed by atoms with van der Waals surface area (Å²) in [5.41, 5.74) is 1.21. The molecule has 184 valence electrons. The normalized spacial score (nSPS) is 12.3. The van der Waals surface area contributed by atoms with E-state index in [1.165, 1.54) is 25.1 Å². The second-order valence-corrected chi connectivity index (χ2v) is 8.57. The number of carboxylic acids is 3. The topological polar surface area (TPSA) is 166 Å². The van der Waals surface area contributed by atoms with Crippen molar-refractivity contribution in [3.63, 3.8) is 0 Å². The standard InChI is InChI=1S/C13H16O4S.C5H8O3.C5H8O2/c1-4-12(10(3)13(14)15)18(16,17)11-7-5-9(2)6-8-11;1-2-3-4(6)5(7)8;1-3-4(2)5(6)7/h5-8H,4H2,1-3H3,(H,14,15);3,6H,2H2,1H3,(H,7,8);3H,1-2H3,(H,6,7)/b12-10+;4-3-;4-3+. The molecule has 1 aromatic carbocycles. The van der Waals surface area contributed by atoms with Gasteiger partial charge in [-0.2, -0.15) is 0 Å². The third-order valence-electron chi connectivity index (χ3n) is 4.10. The van der Waals surface area contributed by atoms with Crippen LogP contribution in [0.2, 0.25) is 0 Å². The third-order valence-corrected chi connectivity index (χ3v) is 6.24. The minimum Gasteiger partial charge on any atom is -0.502 e. The van der Waals surface area contributed by atoms with Crippen LogP contribution in [0.4, 0.5) is 0 Å². The van der Waals surface area contributed by atoms with Crippen molar-refractivity contribution in [3.8, 4) is 0 Å².